The molecule has 0 aliphatic carbocycles. The molecule has 2 aliphatic heterocycles. The van der Waals surface area contributed by atoms with Crippen molar-refractivity contribution in [1.29, 1.82) is 5.41 Å². The van der Waals surface area contributed by atoms with Crippen LogP contribution in [0.1, 0.15) is 0 Å². The van der Waals surface area contributed by atoms with Crippen molar-refractivity contribution in [2.24, 2.45) is 16.5 Å². The summed E-state index contributed by atoms with van der Waals surface area (Å²) in [5, 5.41) is 83.2. The van der Waals surface area contributed by atoms with E-state index in [0.717, 1.165) is 0 Å². The minimum atomic E-state index is -1.74. The second-order valence-corrected chi connectivity index (χ2v) is 7.28. The maximum Gasteiger partial charge on any atom is 0.215 e. The van der Waals surface area contributed by atoms with Crippen LogP contribution in [0.4, 0.5) is 0 Å². The molecule has 13 N–H and O–H groups in total. The van der Waals surface area contributed by atoms with Gasteiger partial charge in [0, 0.05) is 14.1 Å². The average Bonchev–Trinajstić information content (AvgIpc) is 2.73. The summed E-state index contributed by atoms with van der Waals surface area (Å²) in [5.74, 6) is -0.0382. The van der Waals surface area contributed by atoms with Crippen molar-refractivity contribution in [2.75, 3.05) is 27.3 Å². The quantitative estimate of drug-likeness (QED) is 0.134. The molecule has 0 aromatic rings. The van der Waals surface area contributed by atoms with Gasteiger partial charge in [-0.25, -0.2) is 0 Å². The minimum absolute atomic E-state index is 0.238. The van der Waals surface area contributed by atoms with Gasteiger partial charge in [-0.3, -0.25) is 5.41 Å². The van der Waals surface area contributed by atoms with E-state index in [1.807, 2.05) is 0 Å². The Hall–Kier alpha value is -1.70. The van der Waals surface area contributed by atoms with E-state index in [4.69, 9.17) is 36.2 Å². The van der Waals surface area contributed by atoms with Crippen LogP contribution in [0.25, 0.3) is 0 Å². The van der Waals surface area contributed by atoms with Gasteiger partial charge in [-0.05, 0) is 0 Å². The van der Waals surface area contributed by atoms with Crippen LogP contribution in [0, 0.1) is 5.41 Å². The molecular weight excluding hydrogens is 438 g/mol. The largest absolute Gasteiger partial charge is 0.394 e. The molecule has 188 valence electrons. The molecule has 2 fully saturated rings. The number of aliphatic imine (C=N–C) groups is 1. The van der Waals surface area contributed by atoms with Crippen LogP contribution >= 0.6 is 0 Å². The van der Waals surface area contributed by atoms with E-state index in [1.165, 1.54) is 0 Å². The first kappa shape index (κ1) is 28.3. The fourth-order valence-corrected chi connectivity index (χ4v) is 2.79. The zero-order valence-corrected chi connectivity index (χ0v) is 17.5. The van der Waals surface area contributed by atoms with Gasteiger partial charge >= 0.3 is 0 Å². The lowest BCUT2D eigenvalue weighted by Crippen LogP contribution is -2.64. The summed E-state index contributed by atoms with van der Waals surface area (Å²) in [7, 11) is 3.45. The van der Waals surface area contributed by atoms with E-state index < -0.39 is 74.6 Å². The summed E-state index contributed by atoms with van der Waals surface area (Å²) in [6, 6.07) is 0. The number of nitrogens with zero attached hydrogens (tertiary/aromatic N) is 2. The number of ether oxygens (including phenoxy) is 3. The fourth-order valence-electron chi connectivity index (χ4n) is 2.79. The lowest BCUT2D eigenvalue weighted by Gasteiger charge is -2.45. The van der Waals surface area contributed by atoms with Crippen LogP contribution in [0.5, 0.6) is 0 Å². The monoisotopic (exact) mass is 471 g/mol. The molecule has 0 aromatic carbocycles. The standard InChI is InChI=1S/C12H22O11.C4H11N5/c13-1-3-5(15)6(16)9(19)12(22-3)23-10-4(2-14)21-11(20)8(18)7(10)17;1-9(2)4(7)8-3(5)6/h3-20H,1-2H2;1-2H3,(H5,5,6,7,8)/t3-,4-,5+,6+,7-,8-,9-,10-,11-,12+;/m1./s1. The Morgan fingerprint density at radius 2 is 1.44 bits per heavy atom. The summed E-state index contributed by atoms with van der Waals surface area (Å²) in [6.45, 7) is -1.35. The Balaban J connectivity index is 0.000000482. The Bertz CT molecular complexity index is 623. The van der Waals surface area contributed by atoms with Crippen LogP contribution in [-0.4, -0.2) is 146 Å². The molecule has 0 amide bonds. The molecule has 2 heterocycles. The van der Waals surface area contributed by atoms with E-state index in [0.29, 0.717) is 0 Å². The number of nitrogens with two attached hydrogens (primary N) is 2. The van der Waals surface area contributed by atoms with Crippen LogP contribution in [0.3, 0.4) is 0 Å². The topological polar surface area (TPSA) is 281 Å². The molecule has 0 unspecified atom stereocenters. The number of nitrogens with one attached hydrogen (secondary N) is 1. The Labute approximate surface area is 183 Å². The van der Waals surface area contributed by atoms with Crippen molar-refractivity contribution >= 4 is 11.9 Å². The number of guanidine groups is 2. The highest BCUT2D eigenvalue weighted by atomic mass is 16.7. The first-order valence-electron chi connectivity index (χ1n) is 9.47. The van der Waals surface area contributed by atoms with Gasteiger partial charge < -0.3 is 71.4 Å². The van der Waals surface area contributed by atoms with Gasteiger partial charge in [0.05, 0.1) is 13.2 Å². The van der Waals surface area contributed by atoms with Gasteiger partial charge in [-0.2, -0.15) is 4.99 Å². The molecule has 0 spiro atoms. The highest BCUT2D eigenvalue weighted by Crippen LogP contribution is 2.28. The Morgan fingerprint density at radius 1 is 0.875 bits per heavy atom. The third kappa shape index (κ3) is 7.15. The van der Waals surface area contributed by atoms with Crippen molar-refractivity contribution in [3.63, 3.8) is 0 Å². The average molecular weight is 471 g/mol. The SMILES string of the molecule is CN(C)/C(N)=N/C(=N)N.OC[C@H]1O[C@@H](O[C@H]2[C@H](O)[C@@H](O)[C@H](O)O[C@@H]2CO)[C@H](O)[C@@H](O)[C@H]1O. The van der Waals surface area contributed by atoms with E-state index >= 15 is 0 Å². The summed E-state index contributed by atoms with van der Waals surface area (Å²) in [4.78, 5) is 5.03. The van der Waals surface area contributed by atoms with Crippen molar-refractivity contribution in [2.45, 2.75) is 61.4 Å². The molecule has 2 saturated heterocycles. The summed E-state index contributed by atoms with van der Waals surface area (Å²) >= 11 is 0. The minimum Gasteiger partial charge on any atom is -0.394 e. The lowest BCUT2D eigenvalue weighted by molar-refractivity contribution is -0.355. The first-order chi connectivity index (χ1) is 14.8. The maximum absolute atomic E-state index is 9.94. The highest BCUT2D eigenvalue weighted by molar-refractivity contribution is 5.91. The van der Waals surface area contributed by atoms with Gasteiger partial charge in [0.25, 0.3) is 0 Å². The van der Waals surface area contributed by atoms with E-state index in [2.05, 4.69) is 4.99 Å². The van der Waals surface area contributed by atoms with Crippen LogP contribution in [-0.2, 0) is 14.2 Å². The Kier molecular flexibility index (Phi) is 11.1. The van der Waals surface area contributed by atoms with Gasteiger partial charge in [-0.15, -0.1) is 0 Å². The normalized spacial score (nSPS) is 40.2. The zero-order valence-electron chi connectivity index (χ0n) is 17.5. The Morgan fingerprint density at radius 3 is 1.88 bits per heavy atom. The van der Waals surface area contributed by atoms with Crippen molar-refractivity contribution in [3.8, 4) is 0 Å². The zero-order chi connectivity index (χ0) is 24.7. The van der Waals surface area contributed by atoms with Crippen molar-refractivity contribution in [1.82, 2.24) is 4.90 Å². The second kappa shape index (κ2) is 12.5. The van der Waals surface area contributed by atoms with Crippen LogP contribution < -0.4 is 11.5 Å². The summed E-state index contributed by atoms with van der Waals surface area (Å²) in [5.41, 5.74) is 10.2. The third-order valence-electron chi connectivity index (χ3n) is 4.67. The van der Waals surface area contributed by atoms with Crippen LogP contribution in [0.15, 0.2) is 4.99 Å². The molecule has 10 atom stereocenters. The molecule has 0 radical (unpaired) electrons. The first-order valence-corrected chi connectivity index (χ1v) is 9.47. The van der Waals surface area contributed by atoms with Gasteiger partial charge in [-0.1, -0.05) is 0 Å². The summed E-state index contributed by atoms with van der Waals surface area (Å²) in [6.07, 6.45) is -15.6. The maximum atomic E-state index is 9.94. The molecule has 0 bridgehead atoms. The van der Waals surface area contributed by atoms with Gasteiger partial charge in [0.2, 0.25) is 5.96 Å². The molecule has 16 heteroatoms. The van der Waals surface area contributed by atoms with Crippen molar-refractivity contribution in [3.05, 3.63) is 0 Å². The summed E-state index contributed by atoms with van der Waals surface area (Å²) < 4.78 is 15.3. The molecule has 32 heavy (non-hydrogen) atoms. The molecule has 2 aliphatic rings. The lowest BCUT2D eigenvalue weighted by atomic mass is 9.97. The molecular formula is C16H33N5O11. The predicted octanol–water partition coefficient (Wildman–Crippen LogP) is -6.64. The van der Waals surface area contributed by atoms with E-state index in [-0.39, 0.29) is 11.9 Å². The fraction of sp³-hybridized carbons (Fsp3) is 0.875. The number of aliphatic hydroxyl groups excluding tert-OH is 8. The number of hydrogen-bond acceptors (Lipinski definition) is 12. The molecule has 16 nitrogen and oxygen atoms in total. The molecule has 2 rings (SSSR count). The number of aliphatic hydroxyl groups is 8. The van der Waals surface area contributed by atoms with Gasteiger partial charge in [0.1, 0.15) is 48.8 Å². The van der Waals surface area contributed by atoms with E-state index in [9.17, 15) is 35.7 Å². The molecule has 0 aromatic heterocycles. The van der Waals surface area contributed by atoms with E-state index in [1.54, 1.807) is 19.0 Å². The third-order valence-corrected chi connectivity index (χ3v) is 4.67. The van der Waals surface area contributed by atoms with Crippen LogP contribution in [0.2, 0.25) is 0 Å². The van der Waals surface area contributed by atoms with Gasteiger partial charge in [0.15, 0.2) is 18.5 Å². The number of rotatable bonds is 4. The second-order valence-electron chi connectivity index (χ2n) is 7.28. The van der Waals surface area contributed by atoms with Crippen molar-refractivity contribution < 1.29 is 55.1 Å². The highest BCUT2D eigenvalue weighted by Gasteiger charge is 2.50. The number of hydrogen-bond donors (Lipinski definition) is 11. The smallest absolute Gasteiger partial charge is 0.215 e. The molecule has 0 saturated carbocycles. The predicted molar refractivity (Wildman–Crippen MR) is 106 cm³/mol.